The van der Waals surface area contributed by atoms with E-state index >= 15 is 0 Å². The van der Waals surface area contributed by atoms with E-state index in [1.54, 1.807) is 14.2 Å². The van der Waals surface area contributed by atoms with E-state index in [1.165, 1.54) is 0 Å². The zero-order valence-corrected chi connectivity index (χ0v) is 14.5. The summed E-state index contributed by atoms with van der Waals surface area (Å²) in [6.07, 6.45) is 3.85. The molecule has 0 rings (SSSR count). The van der Waals surface area contributed by atoms with Crippen LogP contribution in [-0.2, 0) is 9.47 Å². The van der Waals surface area contributed by atoms with E-state index in [0.29, 0.717) is 18.9 Å². The predicted molar refractivity (Wildman–Crippen MR) is 81.8 cm³/mol. The molecule has 0 aliphatic carbocycles. The van der Waals surface area contributed by atoms with E-state index in [0.717, 1.165) is 23.5 Å². The minimum absolute atomic E-state index is 0.0139. The van der Waals surface area contributed by atoms with Gasteiger partial charge in [-0.05, 0) is 25.7 Å². The molecular weight excluding hydrogens is 368 g/mol. The quantitative estimate of drug-likeness (QED) is 0.559. The van der Waals surface area contributed by atoms with E-state index in [1.807, 2.05) is 0 Å². The highest BCUT2D eigenvalue weighted by Gasteiger charge is 2.04. The van der Waals surface area contributed by atoms with Crippen molar-refractivity contribution >= 4 is 31.9 Å². The molecule has 0 aromatic heterocycles. The van der Waals surface area contributed by atoms with Crippen LogP contribution in [-0.4, -0.2) is 60.5 Å². The number of hydrogen-bond acceptors (Lipinski definition) is 4. The molecule has 0 amide bonds. The number of rotatable bonds is 10. The average Bonchev–Trinajstić information content (AvgIpc) is 2.39. The van der Waals surface area contributed by atoms with E-state index in [9.17, 15) is 0 Å². The molecule has 0 aromatic carbocycles. The standard InChI is InChI=1S/C6H12Br2O.C6H14O3/c2*1-9-6(2-4-7)3-5-8/h6H,2-5H2,1H3;6-8H,2-5H2,1H3. The lowest BCUT2D eigenvalue weighted by Gasteiger charge is -2.10. The van der Waals surface area contributed by atoms with Crippen LogP contribution in [0.4, 0.5) is 0 Å². The van der Waals surface area contributed by atoms with Crippen LogP contribution >= 0.6 is 31.9 Å². The van der Waals surface area contributed by atoms with Crippen LogP contribution in [0.1, 0.15) is 25.7 Å². The second-order valence-corrected chi connectivity index (χ2v) is 5.28. The predicted octanol–water partition coefficient (Wildman–Crippen LogP) is 2.34. The van der Waals surface area contributed by atoms with Gasteiger partial charge in [0.15, 0.2) is 0 Å². The summed E-state index contributed by atoms with van der Waals surface area (Å²) in [5, 5.41) is 18.9. The Morgan fingerprint density at radius 3 is 1.33 bits per heavy atom. The monoisotopic (exact) mass is 392 g/mol. The van der Waals surface area contributed by atoms with Gasteiger partial charge in [-0.3, -0.25) is 0 Å². The number of methoxy groups -OCH3 is 2. The Balaban J connectivity index is 0. The van der Waals surface area contributed by atoms with E-state index in [-0.39, 0.29) is 19.3 Å². The van der Waals surface area contributed by atoms with Crippen molar-refractivity contribution in [2.45, 2.75) is 37.9 Å². The summed E-state index contributed by atoms with van der Waals surface area (Å²) < 4.78 is 10.1. The second kappa shape index (κ2) is 17.8. The Bertz CT molecular complexity index is 122. The van der Waals surface area contributed by atoms with Gasteiger partial charge in [0.2, 0.25) is 0 Å². The molecular formula is C12H26Br2O4. The fourth-order valence-corrected chi connectivity index (χ4v) is 2.31. The molecule has 0 radical (unpaired) electrons. The third kappa shape index (κ3) is 14.9. The zero-order chi connectivity index (χ0) is 14.2. The summed E-state index contributed by atoms with van der Waals surface area (Å²) in [6, 6.07) is 0. The van der Waals surface area contributed by atoms with Crippen LogP contribution in [0.3, 0.4) is 0 Å². The summed E-state index contributed by atoms with van der Waals surface area (Å²) >= 11 is 6.73. The van der Waals surface area contributed by atoms with Gasteiger partial charge in [-0.25, -0.2) is 0 Å². The molecule has 6 heteroatoms. The van der Waals surface area contributed by atoms with Crippen molar-refractivity contribution in [3.63, 3.8) is 0 Å². The van der Waals surface area contributed by atoms with Crippen LogP contribution in [0.5, 0.6) is 0 Å². The van der Waals surface area contributed by atoms with Gasteiger partial charge in [-0.2, -0.15) is 0 Å². The average molecular weight is 394 g/mol. The molecule has 112 valence electrons. The number of alkyl halides is 2. The van der Waals surface area contributed by atoms with Crippen molar-refractivity contribution in [2.75, 3.05) is 38.1 Å². The Morgan fingerprint density at radius 1 is 0.778 bits per heavy atom. The molecule has 0 aromatic rings. The molecule has 0 aliphatic heterocycles. The molecule has 0 saturated carbocycles. The fraction of sp³-hybridized carbons (Fsp3) is 1.00. The van der Waals surface area contributed by atoms with Gasteiger partial charge in [-0.1, -0.05) is 31.9 Å². The molecule has 0 fully saturated rings. The Morgan fingerprint density at radius 2 is 1.11 bits per heavy atom. The van der Waals surface area contributed by atoms with Crippen molar-refractivity contribution in [1.29, 1.82) is 0 Å². The van der Waals surface area contributed by atoms with Crippen LogP contribution < -0.4 is 0 Å². The Labute approximate surface area is 127 Å². The van der Waals surface area contributed by atoms with E-state index in [2.05, 4.69) is 31.9 Å². The zero-order valence-electron chi connectivity index (χ0n) is 11.3. The number of ether oxygens (including phenoxy) is 2. The molecule has 2 N–H and O–H groups in total. The first-order valence-electron chi connectivity index (χ1n) is 6.09. The third-order valence-electron chi connectivity index (χ3n) is 2.43. The minimum atomic E-state index is 0.0139. The van der Waals surface area contributed by atoms with Gasteiger partial charge in [0, 0.05) is 38.1 Å². The molecule has 0 bridgehead atoms. The molecule has 4 nitrogen and oxygen atoms in total. The molecule has 0 atom stereocenters. The normalized spacial score (nSPS) is 10.7. The largest absolute Gasteiger partial charge is 0.396 e. The maximum absolute atomic E-state index is 8.43. The van der Waals surface area contributed by atoms with Gasteiger partial charge >= 0.3 is 0 Å². The van der Waals surface area contributed by atoms with Gasteiger partial charge in [0.05, 0.1) is 12.2 Å². The van der Waals surface area contributed by atoms with Crippen LogP contribution in [0.15, 0.2) is 0 Å². The third-order valence-corrected chi connectivity index (χ3v) is 3.35. The Hall–Kier alpha value is 0.800. The van der Waals surface area contributed by atoms with Crippen LogP contribution in [0.25, 0.3) is 0 Å². The summed E-state index contributed by atoms with van der Waals surface area (Å²) in [5.41, 5.74) is 0. The molecule has 0 heterocycles. The van der Waals surface area contributed by atoms with Crippen molar-refractivity contribution < 1.29 is 19.7 Å². The second-order valence-electron chi connectivity index (χ2n) is 3.70. The van der Waals surface area contributed by atoms with Crippen LogP contribution in [0, 0.1) is 0 Å². The summed E-state index contributed by atoms with van der Waals surface area (Å²) in [7, 11) is 3.34. The highest BCUT2D eigenvalue weighted by atomic mass is 79.9. The first-order chi connectivity index (χ1) is 8.69. The lowest BCUT2D eigenvalue weighted by atomic mass is 10.2. The minimum Gasteiger partial charge on any atom is -0.396 e. The number of halogens is 2. The lowest BCUT2D eigenvalue weighted by Crippen LogP contribution is -2.13. The SMILES string of the molecule is COC(CCBr)CCBr.COC(CCO)CCO. The number of aliphatic hydroxyl groups excluding tert-OH is 2. The van der Waals surface area contributed by atoms with E-state index < -0.39 is 0 Å². The van der Waals surface area contributed by atoms with Crippen molar-refractivity contribution in [3.8, 4) is 0 Å². The highest BCUT2D eigenvalue weighted by Crippen LogP contribution is 2.06. The van der Waals surface area contributed by atoms with Gasteiger partial charge in [0.25, 0.3) is 0 Å². The summed E-state index contributed by atoms with van der Waals surface area (Å²) in [4.78, 5) is 0. The molecule has 0 aliphatic rings. The van der Waals surface area contributed by atoms with Crippen molar-refractivity contribution in [3.05, 3.63) is 0 Å². The van der Waals surface area contributed by atoms with Gasteiger partial charge < -0.3 is 19.7 Å². The maximum Gasteiger partial charge on any atom is 0.0615 e. The maximum atomic E-state index is 8.43. The smallest absolute Gasteiger partial charge is 0.0615 e. The van der Waals surface area contributed by atoms with Crippen molar-refractivity contribution in [1.82, 2.24) is 0 Å². The molecule has 0 saturated heterocycles. The first kappa shape index (κ1) is 21.1. The van der Waals surface area contributed by atoms with Crippen molar-refractivity contribution in [2.24, 2.45) is 0 Å². The molecule has 18 heavy (non-hydrogen) atoms. The van der Waals surface area contributed by atoms with E-state index in [4.69, 9.17) is 19.7 Å². The number of aliphatic hydroxyl groups is 2. The van der Waals surface area contributed by atoms with Gasteiger partial charge in [0.1, 0.15) is 0 Å². The van der Waals surface area contributed by atoms with Gasteiger partial charge in [-0.15, -0.1) is 0 Å². The molecule has 0 unspecified atom stereocenters. The molecule has 0 spiro atoms. The lowest BCUT2D eigenvalue weighted by molar-refractivity contribution is 0.0570. The summed E-state index contributed by atoms with van der Waals surface area (Å²) in [6.45, 7) is 0.247. The fourth-order valence-electron chi connectivity index (χ4n) is 1.29. The topological polar surface area (TPSA) is 58.9 Å². The number of hydrogen-bond donors (Lipinski definition) is 2. The van der Waals surface area contributed by atoms with Crippen LogP contribution in [0.2, 0.25) is 0 Å². The highest BCUT2D eigenvalue weighted by molar-refractivity contribution is 9.09. The Kier molecular flexibility index (Phi) is 20.9. The summed E-state index contributed by atoms with van der Waals surface area (Å²) in [5.74, 6) is 0. The first-order valence-corrected chi connectivity index (χ1v) is 8.33.